The third-order valence-corrected chi connectivity index (χ3v) is 3.25. The lowest BCUT2D eigenvalue weighted by molar-refractivity contribution is 0.102. The molecule has 0 heterocycles. The SMILES string of the molecule is Cc1cc(F)ccc1C(=O)Nc1ccc(Br)c(F)c1. The van der Waals surface area contributed by atoms with Crippen LogP contribution in [-0.2, 0) is 0 Å². The van der Waals surface area contributed by atoms with Crippen molar-refractivity contribution < 1.29 is 13.6 Å². The van der Waals surface area contributed by atoms with Crippen molar-refractivity contribution >= 4 is 27.5 Å². The van der Waals surface area contributed by atoms with Gasteiger partial charge in [-0.15, -0.1) is 0 Å². The van der Waals surface area contributed by atoms with Gasteiger partial charge >= 0.3 is 0 Å². The summed E-state index contributed by atoms with van der Waals surface area (Å²) in [6.07, 6.45) is 0. The lowest BCUT2D eigenvalue weighted by Crippen LogP contribution is -2.13. The van der Waals surface area contributed by atoms with E-state index in [2.05, 4.69) is 21.2 Å². The summed E-state index contributed by atoms with van der Waals surface area (Å²) in [7, 11) is 0. The zero-order valence-corrected chi connectivity index (χ0v) is 11.6. The maximum Gasteiger partial charge on any atom is 0.255 e. The average Bonchev–Trinajstić information content (AvgIpc) is 2.33. The first-order chi connectivity index (χ1) is 8.97. The van der Waals surface area contributed by atoms with Crippen LogP contribution in [0.25, 0.3) is 0 Å². The summed E-state index contributed by atoms with van der Waals surface area (Å²) in [5.41, 5.74) is 1.22. The van der Waals surface area contributed by atoms with Gasteiger partial charge in [0.15, 0.2) is 0 Å². The van der Waals surface area contributed by atoms with Crippen LogP contribution in [0.3, 0.4) is 0 Å². The first-order valence-corrected chi connectivity index (χ1v) is 6.29. The van der Waals surface area contributed by atoms with Crippen molar-refractivity contribution in [3.8, 4) is 0 Å². The Bertz CT molecular complexity index is 643. The van der Waals surface area contributed by atoms with Gasteiger partial charge in [0.05, 0.1) is 4.47 Å². The van der Waals surface area contributed by atoms with Crippen LogP contribution in [0.1, 0.15) is 15.9 Å². The van der Waals surface area contributed by atoms with E-state index >= 15 is 0 Å². The quantitative estimate of drug-likeness (QED) is 0.876. The van der Waals surface area contributed by atoms with E-state index in [4.69, 9.17) is 0 Å². The van der Waals surface area contributed by atoms with Crippen molar-refractivity contribution in [2.75, 3.05) is 5.32 Å². The number of carbonyl (C=O) groups is 1. The molecule has 0 aromatic heterocycles. The van der Waals surface area contributed by atoms with Crippen molar-refractivity contribution in [1.29, 1.82) is 0 Å². The largest absolute Gasteiger partial charge is 0.322 e. The van der Waals surface area contributed by atoms with Crippen LogP contribution in [0.4, 0.5) is 14.5 Å². The van der Waals surface area contributed by atoms with Crippen molar-refractivity contribution in [2.45, 2.75) is 6.92 Å². The zero-order valence-electron chi connectivity index (χ0n) is 10.0. The Labute approximate surface area is 117 Å². The number of hydrogen-bond acceptors (Lipinski definition) is 1. The van der Waals surface area contributed by atoms with E-state index in [0.29, 0.717) is 21.3 Å². The summed E-state index contributed by atoms with van der Waals surface area (Å²) in [5, 5.41) is 2.56. The molecule has 1 N–H and O–H groups in total. The van der Waals surface area contributed by atoms with Crippen LogP contribution in [0, 0.1) is 18.6 Å². The first kappa shape index (κ1) is 13.7. The van der Waals surface area contributed by atoms with Crippen LogP contribution >= 0.6 is 15.9 Å². The van der Waals surface area contributed by atoms with Gasteiger partial charge in [0.2, 0.25) is 0 Å². The van der Waals surface area contributed by atoms with E-state index in [1.165, 1.54) is 30.3 Å². The summed E-state index contributed by atoms with van der Waals surface area (Å²) in [6, 6.07) is 8.17. The van der Waals surface area contributed by atoms with E-state index in [0.717, 1.165) is 0 Å². The highest BCUT2D eigenvalue weighted by atomic mass is 79.9. The second kappa shape index (κ2) is 5.48. The molecule has 98 valence electrons. The van der Waals surface area contributed by atoms with Gasteiger partial charge in [0.1, 0.15) is 11.6 Å². The van der Waals surface area contributed by atoms with Crippen LogP contribution in [-0.4, -0.2) is 5.91 Å². The Kier molecular flexibility index (Phi) is 3.95. The number of halogens is 3. The topological polar surface area (TPSA) is 29.1 Å². The fourth-order valence-electron chi connectivity index (χ4n) is 1.65. The lowest BCUT2D eigenvalue weighted by atomic mass is 10.1. The van der Waals surface area contributed by atoms with Crippen molar-refractivity contribution in [2.24, 2.45) is 0 Å². The molecule has 0 saturated heterocycles. The Morgan fingerprint density at radius 3 is 2.53 bits per heavy atom. The predicted molar refractivity (Wildman–Crippen MR) is 73.2 cm³/mol. The molecular weight excluding hydrogens is 316 g/mol. The Hall–Kier alpha value is -1.75. The Morgan fingerprint density at radius 2 is 1.89 bits per heavy atom. The Balaban J connectivity index is 2.23. The van der Waals surface area contributed by atoms with Gasteiger partial charge in [-0.1, -0.05) is 0 Å². The second-order valence-corrected chi connectivity index (χ2v) is 4.90. The summed E-state index contributed by atoms with van der Waals surface area (Å²) >= 11 is 3.03. The number of rotatable bonds is 2. The number of hydrogen-bond donors (Lipinski definition) is 1. The first-order valence-electron chi connectivity index (χ1n) is 5.50. The summed E-state index contributed by atoms with van der Waals surface area (Å²) in [4.78, 5) is 12.0. The minimum absolute atomic E-state index is 0.323. The highest BCUT2D eigenvalue weighted by Crippen LogP contribution is 2.20. The molecule has 0 unspecified atom stereocenters. The van der Waals surface area contributed by atoms with Crippen molar-refractivity contribution in [3.63, 3.8) is 0 Å². The fourth-order valence-corrected chi connectivity index (χ4v) is 1.90. The average molecular weight is 326 g/mol. The van der Waals surface area contributed by atoms with E-state index in [9.17, 15) is 13.6 Å². The van der Waals surface area contributed by atoms with Crippen LogP contribution < -0.4 is 5.32 Å². The molecule has 5 heteroatoms. The summed E-state index contributed by atoms with van der Waals surface area (Å²) in [6.45, 7) is 1.64. The molecule has 2 rings (SSSR count). The number of carbonyl (C=O) groups excluding carboxylic acids is 1. The van der Waals surface area contributed by atoms with Crippen molar-refractivity contribution in [3.05, 3.63) is 63.6 Å². The summed E-state index contributed by atoms with van der Waals surface area (Å²) < 4.78 is 26.6. The molecule has 2 aromatic carbocycles. The number of benzene rings is 2. The monoisotopic (exact) mass is 325 g/mol. The number of anilines is 1. The van der Waals surface area contributed by atoms with Crippen LogP contribution in [0.5, 0.6) is 0 Å². The van der Waals surface area contributed by atoms with Gasteiger partial charge in [0, 0.05) is 11.3 Å². The molecular formula is C14H10BrF2NO. The molecule has 2 nitrogen and oxygen atoms in total. The van der Waals surface area contributed by atoms with Gasteiger partial charge in [-0.3, -0.25) is 4.79 Å². The molecule has 0 spiro atoms. The molecule has 0 aliphatic carbocycles. The van der Waals surface area contributed by atoms with Gasteiger partial charge in [-0.2, -0.15) is 0 Å². The zero-order chi connectivity index (χ0) is 14.0. The van der Waals surface area contributed by atoms with E-state index in [-0.39, 0.29) is 0 Å². The molecule has 0 atom stereocenters. The van der Waals surface area contributed by atoms with Gasteiger partial charge < -0.3 is 5.32 Å². The minimum atomic E-state index is -0.464. The smallest absolute Gasteiger partial charge is 0.255 e. The molecule has 0 radical (unpaired) electrons. The molecule has 0 fully saturated rings. The highest BCUT2D eigenvalue weighted by molar-refractivity contribution is 9.10. The predicted octanol–water partition coefficient (Wildman–Crippen LogP) is 4.29. The van der Waals surface area contributed by atoms with E-state index in [1.807, 2.05) is 0 Å². The number of nitrogens with one attached hydrogen (secondary N) is 1. The molecule has 0 bridgehead atoms. The highest BCUT2D eigenvalue weighted by Gasteiger charge is 2.10. The van der Waals surface area contributed by atoms with Gasteiger partial charge in [0.25, 0.3) is 5.91 Å². The van der Waals surface area contributed by atoms with Crippen molar-refractivity contribution in [1.82, 2.24) is 0 Å². The van der Waals surface area contributed by atoms with Crippen LogP contribution in [0.15, 0.2) is 40.9 Å². The molecule has 0 aliphatic rings. The normalized spacial score (nSPS) is 10.3. The lowest BCUT2D eigenvalue weighted by Gasteiger charge is -2.08. The third kappa shape index (κ3) is 3.17. The molecule has 2 aromatic rings. The molecule has 0 aliphatic heterocycles. The maximum absolute atomic E-state index is 13.3. The number of amides is 1. The Morgan fingerprint density at radius 1 is 1.16 bits per heavy atom. The fraction of sp³-hybridized carbons (Fsp3) is 0.0714. The van der Waals surface area contributed by atoms with E-state index in [1.54, 1.807) is 13.0 Å². The maximum atomic E-state index is 13.3. The second-order valence-electron chi connectivity index (χ2n) is 4.04. The minimum Gasteiger partial charge on any atom is -0.322 e. The van der Waals surface area contributed by atoms with E-state index < -0.39 is 17.5 Å². The third-order valence-electron chi connectivity index (χ3n) is 2.61. The van der Waals surface area contributed by atoms with Gasteiger partial charge in [-0.05, 0) is 64.8 Å². The van der Waals surface area contributed by atoms with Gasteiger partial charge in [-0.25, -0.2) is 8.78 Å². The summed E-state index contributed by atoms with van der Waals surface area (Å²) in [5.74, 6) is -1.27. The standard InChI is InChI=1S/C14H10BrF2NO/c1-8-6-9(16)2-4-11(8)14(19)18-10-3-5-12(15)13(17)7-10/h2-7H,1H3,(H,18,19). The van der Waals surface area contributed by atoms with Crippen LogP contribution in [0.2, 0.25) is 0 Å². The molecule has 19 heavy (non-hydrogen) atoms. The molecule has 0 saturated carbocycles. The molecule has 1 amide bonds. The number of aryl methyl sites for hydroxylation is 1.